The summed E-state index contributed by atoms with van der Waals surface area (Å²) in [4.78, 5) is 0. The molecule has 1 atom stereocenters. The Bertz CT molecular complexity index is 283. The topological polar surface area (TPSA) is 40.5 Å². The van der Waals surface area contributed by atoms with Gasteiger partial charge < -0.3 is 10.2 Å². The maximum absolute atomic E-state index is 13.2. The number of thioether (sulfide) groups is 1. The van der Waals surface area contributed by atoms with Crippen molar-refractivity contribution in [3.8, 4) is 0 Å². The van der Waals surface area contributed by atoms with Gasteiger partial charge >= 0.3 is 0 Å². The Morgan fingerprint density at radius 3 is 2.54 bits per heavy atom. The number of hydrogen-bond acceptors (Lipinski definition) is 3. The zero-order valence-electron chi connectivity index (χ0n) is 7.03. The Kier molecular flexibility index (Phi) is 2.21. The molecule has 1 fully saturated rings. The van der Waals surface area contributed by atoms with E-state index in [1.54, 1.807) is 6.08 Å². The minimum atomic E-state index is -1.76. The number of rotatable bonds is 1. The largest absolute Gasteiger partial charge is 0.357 e. The third-order valence-corrected chi connectivity index (χ3v) is 3.63. The first-order chi connectivity index (χ1) is 6.11. The highest BCUT2D eigenvalue weighted by Crippen LogP contribution is 2.48. The van der Waals surface area contributed by atoms with Crippen LogP contribution in [0.1, 0.15) is 12.8 Å². The van der Waals surface area contributed by atoms with Crippen molar-refractivity contribution in [3.05, 3.63) is 23.6 Å². The van der Waals surface area contributed by atoms with Gasteiger partial charge in [0.25, 0.3) is 0 Å². The summed E-state index contributed by atoms with van der Waals surface area (Å²) in [5, 5.41) is 16.9. The molecule has 1 aliphatic heterocycles. The van der Waals surface area contributed by atoms with E-state index >= 15 is 0 Å². The fraction of sp³-hybridized carbons (Fsp3) is 0.556. The zero-order valence-corrected chi connectivity index (χ0v) is 7.85. The van der Waals surface area contributed by atoms with Gasteiger partial charge in [0.15, 0.2) is 0 Å². The smallest absolute Gasteiger partial charge is 0.221 e. The SMILES string of the molecule is OC1(O)SCC1C1=CCCC=C1F. The molecule has 2 nitrogen and oxygen atoms in total. The lowest BCUT2D eigenvalue weighted by molar-refractivity contribution is -0.117. The summed E-state index contributed by atoms with van der Waals surface area (Å²) in [5.74, 6) is -0.154. The van der Waals surface area contributed by atoms with E-state index in [2.05, 4.69) is 0 Å². The van der Waals surface area contributed by atoms with Gasteiger partial charge in [-0.05, 0) is 24.5 Å². The van der Waals surface area contributed by atoms with E-state index in [1.165, 1.54) is 6.08 Å². The van der Waals surface area contributed by atoms with Crippen LogP contribution in [0.15, 0.2) is 23.6 Å². The molecule has 0 saturated carbocycles. The van der Waals surface area contributed by atoms with Crippen molar-refractivity contribution in [2.75, 3.05) is 5.75 Å². The highest BCUT2D eigenvalue weighted by molar-refractivity contribution is 8.01. The summed E-state index contributed by atoms with van der Waals surface area (Å²) in [6.07, 6.45) is 4.77. The minimum Gasteiger partial charge on any atom is -0.357 e. The molecule has 4 heteroatoms. The first-order valence-corrected chi connectivity index (χ1v) is 5.24. The van der Waals surface area contributed by atoms with E-state index in [0.29, 0.717) is 17.7 Å². The van der Waals surface area contributed by atoms with Crippen LogP contribution in [0.25, 0.3) is 0 Å². The lowest BCUT2D eigenvalue weighted by Gasteiger charge is -2.41. The third kappa shape index (κ3) is 1.54. The molecule has 0 spiro atoms. The molecule has 2 aliphatic rings. The molecule has 1 saturated heterocycles. The van der Waals surface area contributed by atoms with Gasteiger partial charge in [-0.25, -0.2) is 4.39 Å². The van der Waals surface area contributed by atoms with Gasteiger partial charge in [-0.3, -0.25) is 0 Å². The molecule has 1 aliphatic carbocycles. The van der Waals surface area contributed by atoms with Crippen LogP contribution < -0.4 is 0 Å². The van der Waals surface area contributed by atoms with E-state index in [1.807, 2.05) is 0 Å². The molecule has 1 heterocycles. The quantitative estimate of drug-likeness (QED) is 0.634. The zero-order chi connectivity index (χ0) is 9.47. The van der Waals surface area contributed by atoms with Crippen molar-refractivity contribution < 1.29 is 14.6 Å². The molecular weight excluding hydrogens is 191 g/mol. The average Bonchev–Trinajstić information content (AvgIpc) is 2.07. The predicted molar refractivity (Wildman–Crippen MR) is 49.6 cm³/mol. The molecule has 2 N–H and O–H groups in total. The lowest BCUT2D eigenvalue weighted by Crippen LogP contribution is -2.46. The molecule has 0 aromatic rings. The van der Waals surface area contributed by atoms with Crippen molar-refractivity contribution in [2.45, 2.75) is 18.0 Å². The second-order valence-electron chi connectivity index (χ2n) is 3.31. The van der Waals surface area contributed by atoms with Crippen LogP contribution in [0.4, 0.5) is 4.39 Å². The van der Waals surface area contributed by atoms with E-state index in [-0.39, 0.29) is 5.83 Å². The summed E-state index contributed by atoms with van der Waals surface area (Å²) in [6.45, 7) is 0. The normalized spacial score (nSPS) is 31.8. The Hall–Kier alpha value is -0.320. The summed E-state index contributed by atoms with van der Waals surface area (Å²) >= 11 is 1.04. The molecule has 72 valence electrons. The summed E-state index contributed by atoms with van der Waals surface area (Å²) in [6, 6.07) is 0. The average molecular weight is 202 g/mol. The summed E-state index contributed by atoms with van der Waals surface area (Å²) in [7, 11) is 0. The summed E-state index contributed by atoms with van der Waals surface area (Å²) < 4.78 is 13.2. The van der Waals surface area contributed by atoms with Gasteiger partial charge in [0.1, 0.15) is 5.83 Å². The number of aliphatic hydroxyl groups is 2. The standard InChI is InChI=1S/C9H11FO2S/c10-8-4-2-1-3-6(8)7-5-13-9(7,11)12/h3-4,7,11-12H,1-2,5H2. The Labute approximate surface area is 80.1 Å². The molecule has 0 radical (unpaired) electrons. The molecule has 13 heavy (non-hydrogen) atoms. The molecule has 0 bridgehead atoms. The van der Waals surface area contributed by atoms with Gasteiger partial charge in [-0.2, -0.15) is 0 Å². The van der Waals surface area contributed by atoms with Crippen LogP contribution in [-0.4, -0.2) is 21.1 Å². The van der Waals surface area contributed by atoms with Gasteiger partial charge in [0.05, 0.1) is 5.92 Å². The van der Waals surface area contributed by atoms with Crippen molar-refractivity contribution in [1.82, 2.24) is 0 Å². The monoisotopic (exact) mass is 202 g/mol. The van der Waals surface area contributed by atoms with Crippen LogP contribution in [-0.2, 0) is 0 Å². The maximum atomic E-state index is 13.2. The fourth-order valence-electron chi connectivity index (χ4n) is 1.58. The van der Waals surface area contributed by atoms with Gasteiger partial charge in [0, 0.05) is 5.75 Å². The summed E-state index contributed by atoms with van der Waals surface area (Å²) in [5.41, 5.74) is 0.468. The van der Waals surface area contributed by atoms with E-state index in [0.717, 1.165) is 18.2 Å². The van der Waals surface area contributed by atoms with Crippen molar-refractivity contribution in [3.63, 3.8) is 0 Å². The third-order valence-electron chi connectivity index (χ3n) is 2.42. The molecular formula is C9H11FO2S. The molecule has 0 aromatic heterocycles. The second kappa shape index (κ2) is 3.12. The second-order valence-corrected chi connectivity index (χ2v) is 4.53. The molecule has 2 rings (SSSR count). The maximum Gasteiger partial charge on any atom is 0.221 e. The van der Waals surface area contributed by atoms with Crippen molar-refractivity contribution in [1.29, 1.82) is 0 Å². The first-order valence-electron chi connectivity index (χ1n) is 4.26. The van der Waals surface area contributed by atoms with Crippen LogP contribution in [0, 0.1) is 5.92 Å². The lowest BCUT2D eigenvalue weighted by atomic mass is 9.93. The molecule has 0 aromatic carbocycles. The van der Waals surface area contributed by atoms with Crippen LogP contribution in [0.3, 0.4) is 0 Å². The van der Waals surface area contributed by atoms with Crippen LogP contribution in [0.2, 0.25) is 0 Å². The van der Waals surface area contributed by atoms with E-state index in [4.69, 9.17) is 0 Å². The number of allylic oxidation sites excluding steroid dienone is 3. The Balaban J connectivity index is 2.17. The molecule has 1 unspecified atom stereocenters. The van der Waals surface area contributed by atoms with Crippen LogP contribution >= 0.6 is 11.8 Å². The fourth-order valence-corrected chi connectivity index (χ4v) is 2.52. The van der Waals surface area contributed by atoms with Gasteiger partial charge in [0.2, 0.25) is 5.12 Å². The Morgan fingerprint density at radius 1 is 1.38 bits per heavy atom. The highest BCUT2D eigenvalue weighted by atomic mass is 32.2. The van der Waals surface area contributed by atoms with Crippen LogP contribution in [0.5, 0.6) is 0 Å². The van der Waals surface area contributed by atoms with Gasteiger partial charge in [-0.15, -0.1) is 0 Å². The number of halogens is 1. The van der Waals surface area contributed by atoms with E-state index < -0.39 is 11.0 Å². The highest BCUT2D eigenvalue weighted by Gasteiger charge is 2.47. The number of hydrogen-bond donors (Lipinski definition) is 2. The molecule has 0 amide bonds. The minimum absolute atomic E-state index is 0.288. The van der Waals surface area contributed by atoms with Crippen molar-refractivity contribution >= 4 is 11.8 Å². The predicted octanol–water partition coefficient (Wildman–Crippen LogP) is 1.56. The van der Waals surface area contributed by atoms with Crippen molar-refractivity contribution in [2.24, 2.45) is 5.92 Å². The van der Waals surface area contributed by atoms with E-state index in [9.17, 15) is 14.6 Å². The van der Waals surface area contributed by atoms with Gasteiger partial charge in [-0.1, -0.05) is 17.8 Å². The Morgan fingerprint density at radius 2 is 2.08 bits per heavy atom. The first kappa shape index (κ1) is 9.24.